The van der Waals surface area contributed by atoms with Crippen molar-refractivity contribution in [2.24, 2.45) is 0 Å². The number of benzene rings is 1. The Kier molecular flexibility index (Phi) is 4.28. The number of hydrogen-bond acceptors (Lipinski definition) is 7. The van der Waals surface area contributed by atoms with Crippen LogP contribution in [0, 0.1) is 0 Å². The normalized spacial score (nSPS) is 28.2. The summed E-state index contributed by atoms with van der Waals surface area (Å²) in [7, 11) is 0. The maximum Gasteiger partial charge on any atom is 0.377 e. The minimum absolute atomic E-state index is 0.134. The number of carbonyl (C=O) groups excluding carboxylic acids is 1. The van der Waals surface area contributed by atoms with E-state index in [0.717, 1.165) is 5.56 Å². The first kappa shape index (κ1) is 14.8. The van der Waals surface area contributed by atoms with Gasteiger partial charge in [-0.1, -0.05) is 30.3 Å². The molecule has 1 fully saturated rings. The number of carbonyl (C=O) groups is 1. The third-order valence-corrected chi connectivity index (χ3v) is 3.42. The van der Waals surface area contributed by atoms with E-state index in [-0.39, 0.29) is 13.2 Å². The van der Waals surface area contributed by atoms with Crippen LogP contribution in [0.2, 0.25) is 0 Å². The molecule has 2 N–H and O–H groups in total. The third kappa shape index (κ3) is 3.06. The molecular formula is C15H16O7. The molecule has 0 saturated carbocycles. The van der Waals surface area contributed by atoms with E-state index in [1.165, 1.54) is 0 Å². The predicted octanol–water partition coefficient (Wildman–Crippen LogP) is 1.20. The van der Waals surface area contributed by atoms with E-state index >= 15 is 0 Å². The molecule has 1 saturated heterocycles. The van der Waals surface area contributed by atoms with Crippen LogP contribution in [0.25, 0.3) is 0 Å². The van der Waals surface area contributed by atoms with Crippen LogP contribution < -0.4 is 0 Å². The second kappa shape index (κ2) is 6.35. The SMILES string of the molecule is O=C1OC([C@@H]2CO[C@@H](COCc3ccccc3)O2)C(O)=C1O. The summed E-state index contributed by atoms with van der Waals surface area (Å²) in [5.41, 5.74) is 1.03. The molecule has 0 aromatic heterocycles. The number of esters is 1. The number of rotatable bonds is 5. The van der Waals surface area contributed by atoms with E-state index in [9.17, 15) is 15.0 Å². The zero-order chi connectivity index (χ0) is 15.5. The standard InChI is InChI=1S/C15H16O7/c16-12-13(17)15(18)22-14(12)10-7-20-11(21-10)8-19-6-9-4-2-1-3-5-9/h1-5,10-11,14,16-17H,6-8H2/t10-,11+,14?/m0/s1. The smallest absolute Gasteiger partial charge is 0.377 e. The number of aliphatic hydroxyl groups excluding tert-OH is 2. The van der Waals surface area contributed by atoms with Gasteiger partial charge in [0.2, 0.25) is 5.76 Å². The Labute approximate surface area is 126 Å². The van der Waals surface area contributed by atoms with Crippen LogP contribution in [-0.2, 0) is 30.3 Å². The molecule has 0 radical (unpaired) electrons. The van der Waals surface area contributed by atoms with E-state index in [2.05, 4.69) is 0 Å². The quantitative estimate of drug-likeness (QED) is 0.789. The molecule has 7 heteroatoms. The first-order valence-electron chi connectivity index (χ1n) is 6.87. The average Bonchev–Trinajstić information content (AvgIpc) is 3.09. The second-order valence-corrected chi connectivity index (χ2v) is 5.00. The first-order chi connectivity index (χ1) is 10.6. The zero-order valence-corrected chi connectivity index (χ0v) is 11.7. The minimum atomic E-state index is -1.04. The maximum absolute atomic E-state index is 11.2. The first-order valence-corrected chi connectivity index (χ1v) is 6.87. The monoisotopic (exact) mass is 308 g/mol. The molecule has 1 aromatic rings. The second-order valence-electron chi connectivity index (χ2n) is 5.00. The highest BCUT2D eigenvalue weighted by Gasteiger charge is 2.44. The van der Waals surface area contributed by atoms with Gasteiger partial charge in [-0.15, -0.1) is 0 Å². The van der Waals surface area contributed by atoms with Crippen molar-refractivity contribution in [3.8, 4) is 0 Å². The Morgan fingerprint density at radius 1 is 1.23 bits per heavy atom. The van der Waals surface area contributed by atoms with Crippen molar-refractivity contribution in [2.45, 2.75) is 25.1 Å². The molecule has 0 bridgehead atoms. The van der Waals surface area contributed by atoms with E-state index in [4.69, 9.17) is 18.9 Å². The highest BCUT2D eigenvalue weighted by molar-refractivity contribution is 5.89. The highest BCUT2D eigenvalue weighted by atomic mass is 16.7. The van der Waals surface area contributed by atoms with Crippen molar-refractivity contribution in [1.82, 2.24) is 0 Å². The fourth-order valence-corrected chi connectivity index (χ4v) is 2.29. The van der Waals surface area contributed by atoms with Gasteiger partial charge in [0, 0.05) is 0 Å². The van der Waals surface area contributed by atoms with E-state index < -0.39 is 36.0 Å². The molecule has 7 nitrogen and oxygen atoms in total. The van der Waals surface area contributed by atoms with Gasteiger partial charge in [-0.2, -0.15) is 0 Å². The van der Waals surface area contributed by atoms with Gasteiger partial charge in [0.1, 0.15) is 6.10 Å². The molecule has 118 valence electrons. The zero-order valence-electron chi connectivity index (χ0n) is 11.7. The summed E-state index contributed by atoms with van der Waals surface area (Å²) in [4.78, 5) is 11.2. The molecule has 2 aliphatic rings. The van der Waals surface area contributed by atoms with E-state index in [1.807, 2.05) is 30.3 Å². The summed E-state index contributed by atoms with van der Waals surface area (Å²) in [6.45, 7) is 0.774. The summed E-state index contributed by atoms with van der Waals surface area (Å²) >= 11 is 0. The fourth-order valence-electron chi connectivity index (χ4n) is 2.29. The molecule has 0 spiro atoms. The molecule has 3 atom stereocenters. The van der Waals surface area contributed by atoms with Crippen LogP contribution in [0.5, 0.6) is 0 Å². The van der Waals surface area contributed by atoms with Crippen LogP contribution in [0.15, 0.2) is 41.9 Å². The Balaban J connectivity index is 1.46. The molecule has 1 unspecified atom stereocenters. The number of ether oxygens (including phenoxy) is 4. The van der Waals surface area contributed by atoms with Gasteiger partial charge in [0.15, 0.2) is 18.2 Å². The van der Waals surface area contributed by atoms with Crippen LogP contribution in [0.1, 0.15) is 5.56 Å². The lowest BCUT2D eigenvalue weighted by molar-refractivity contribution is -0.152. The fraction of sp³-hybridized carbons (Fsp3) is 0.400. The van der Waals surface area contributed by atoms with Crippen LogP contribution in [0.4, 0.5) is 0 Å². The van der Waals surface area contributed by atoms with Crippen LogP contribution in [0.3, 0.4) is 0 Å². The lowest BCUT2D eigenvalue weighted by Gasteiger charge is -2.16. The summed E-state index contributed by atoms with van der Waals surface area (Å²) in [5.74, 6) is -2.27. The highest BCUT2D eigenvalue weighted by Crippen LogP contribution is 2.27. The lowest BCUT2D eigenvalue weighted by atomic mass is 10.2. The number of hydrogen-bond donors (Lipinski definition) is 2. The molecule has 0 amide bonds. The Bertz CT molecular complexity index is 569. The molecular weight excluding hydrogens is 292 g/mol. The lowest BCUT2D eigenvalue weighted by Crippen LogP contribution is -2.31. The maximum atomic E-state index is 11.2. The van der Waals surface area contributed by atoms with Gasteiger partial charge < -0.3 is 29.2 Å². The molecule has 2 aliphatic heterocycles. The molecule has 1 aromatic carbocycles. The van der Waals surface area contributed by atoms with Gasteiger partial charge >= 0.3 is 5.97 Å². The van der Waals surface area contributed by atoms with E-state index in [0.29, 0.717) is 6.61 Å². The third-order valence-electron chi connectivity index (χ3n) is 3.42. The molecule has 22 heavy (non-hydrogen) atoms. The average molecular weight is 308 g/mol. The summed E-state index contributed by atoms with van der Waals surface area (Å²) in [6.07, 6.45) is -2.31. The van der Waals surface area contributed by atoms with Crippen molar-refractivity contribution < 1.29 is 34.0 Å². The van der Waals surface area contributed by atoms with Crippen molar-refractivity contribution in [2.75, 3.05) is 13.2 Å². The summed E-state index contributed by atoms with van der Waals surface area (Å²) in [5, 5.41) is 18.9. The van der Waals surface area contributed by atoms with Gasteiger partial charge in [0.05, 0.1) is 19.8 Å². The number of cyclic esters (lactones) is 1. The largest absolute Gasteiger partial charge is 0.505 e. The summed E-state index contributed by atoms with van der Waals surface area (Å²) < 4.78 is 21.2. The topological polar surface area (TPSA) is 94.5 Å². The van der Waals surface area contributed by atoms with Gasteiger partial charge in [-0.3, -0.25) is 0 Å². The Morgan fingerprint density at radius 2 is 2.00 bits per heavy atom. The summed E-state index contributed by atoms with van der Waals surface area (Å²) in [6, 6.07) is 9.67. The van der Waals surface area contributed by atoms with Crippen molar-refractivity contribution in [3.63, 3.8) is 0 Å². The Hall–Kier alpha value is -2.09. The van der Waals surface area contributed by atoms with Gasteiger partial charge in [0.25, 0.3) is 0 Å². The number of aliphatic hydroxyl groups is 2. The minimum Gasteiger partial charge on any atom is -0.505 e. The van der Waals surface area contributed by atoms with Crippen molar-refractivity contribution >= 4 is 5.97 Å². The van der Waals surface area contributed by atoms with Gasteiger partial charge in [-0.25, -0.2) is 4.79 Å². The Morgan fingerprint density at radius 3 is 2.68 bits per heavy atom. The van der Waals surface area contributed by atoms with Crippen molar-refractivity contribution in [3.05, 3.63) is 47.4 Å². The predicted molar refractivity (Wildman–Crippen MR) is 72.9 cm³/mol. The van der Waals surface area contributed by atoms with Crippen molar-refractivity contribution in [1.29, 1.82) is 0 Å². The molecule has 2 heterocycles. The molecule has 0 aliphatic carbocycles. The van der Waals surface area contributed by atoms with Crippen LogP contribution >= 0.6 is 0 Å². The van der Waals surface area contributed by atoms with E-state index in [1.54, 1.807) is 0 Å². The molecule has 3 rings (SSSR count). The van der Waals surface area contributed by atoms with Crippen LogP contribution in [-0.4, -0.2) is 47.9 Å². The van der Waals surface area contributed by atoms with Gasteiger partial charge in [-0.05, 0) is 5.56 Å².